The van der Waals surface area contributed by atoms with Crippen LogP contribution in [0.4, 0.5) is 0 Å². The van der Waals surface area contributed by atoms with Crippen molar-refractivity contribution >= 4 is 0 Å². The van der Waals surface area contributed by atoms with Crippen LogP contribution in [0, 0.1) is 0 Å². The van der Waals surface area contributed by atoms with Crippen LogP contribution in [-0.2, 0) is 17.8 Å². The summed E-state index contributed by atoms with van der Waals surface area (Å²) in [5, 5.41) is 0. The van der Waals surface area contributed by atoms with Crippen LogP contribution in [-0.4, -0.2) is 72.7 Å². The van der Waals surface area contributed by atoms with Gasteiger partial charge in [-0.15, -0.1) is 0 Å². The predicted octanol–water partition coefficient (Wildman–Crippen LogP) is 1.38. The Morgan fingerprint density at radius 3 is 1.59 bits per heavy atom. The van der Waals surface area contributed by atoms with Crippen LogP contribution in [0.1, 0.15) is 38.7 Å². The van der Waals surface area contributed by atoms with Gasteiger partial charge in [0.1, 0.15) is 0 Å². The largest absolute Gasteiger partial charge is 1.00 e. The van der Waals surface area contributed by atoms with E-state index in [1.165, 1.54) is 69.7 Å². The Bertz CT molecular complexity index is 761. The van der Waals surface area contributed by atoms with Crippen molar-refractivity contribution < 1.29 is 57.5 Å². The van der Waals surface area contributed by atoms with Gasteiger partial charge in [-0.05, 0) is 44.0 Å². The van der Waals surface area contributed by atoms with E-state index in [2.05, 4.69) is 82.3 Å². The van der Waals surface area contributed by atoms with Gasteiger partial charge in [0.2, 0.25) is 0 Å². The van der Waals surface area contributed by atoms with E-state index in [1.54, 1.807) is 0 Å². The zero-order valence-corrected chi connectivity index (χ0v) is 23.3. The molecular weight excluding hydrogens is 421 g/mol. The Morgan fingerprint density at radius 2 is 1.16 bits per heavy atom. The molecule has 4 nitrogen and oxygen atoms in total. The van der Waals surface area contributed by atoms with Crippen molar-refractivity contribution in [1.82, 2.24) is 14.7 Å². The smallest absolute Gasteiger partial charge is 1.00 e. The van der Waals surface area contributed by atoms with Crippen molar-refractivity contribution in [2.75, 3.05) is 52.5 Å². The Morgan fingerprint density at radius 1 is 0.688 bits per heavy atom. The summed E-state index contributed by atoms with van der Waals surface area (Å²) in [6, 6.07) is 21.5. The van der Waals surface area contributed by atoms with Crippen molar-refractivity contribution in [3.05, 3.63) is 71.8 Å². The Labute approximate surface area is 239 Å². The first-order valence-corrected chi connectivity index (χ1v) is 12.1. The molecule has 3 aliphatic rings. The van der Waals surface area contributed by atoms with Crippen molar-refractivity contribution in [2.45, 2.75) is 44.8 Å². The molecule has 32 heavy (non-hydrogen) atoms. The molecule has 3 saturated heterocycles. The maximum Gasteiger partial charge on any atom is 1.00 e. The number of hydrogen-bond donors (Lipinski definition) is 0. The molecular formula is C27H40KN3O. The fourth-order valence-electron chi connectivity index (χ4n) is 4.83. The third kappa shape index (κ3) is 8.00. The average Bonchev–Trinajstić information content (AvgIpc) is 2.81. The van der Waals surface area contributed by atoms with E-state index in [0.717, 1.165) is 26.3 Å². The summed E-state index contributed by atoms with van der Waals surface area (Å²) in [6.45, 7) is 13.6. The molecule has 0 aromatic heterocycles. The minimum Gasteiger partial charge on any atom is -1.00 e. The first kappa shape index (κ1) is 26.5. The van der Waals surface area contributed by atoms with E-state index >= 15 is 0 Å². The van der Waals surface area contributed by atoms with Gasteiger partial charge in [0.15, 0.2) is 0 Å². The monoisotopic (exact) mass is 461 g/mol. The second-order valence-electron chi connectivity index (χ2n) is 9.56. The summed E-state index contributed by atoms with van der Waals surface area (Å²) < 4.78 is 5.36. The molecule has 0 saturated carbocycles. The van der Waals surface area contributed by atoms with Crippen molar-refractivity contribution in [3.8, 4) is 0 Å². The van der Waals surface area contributed by atoms with E-state index in [1.807, 2.05) is 0 Å². The summed E-state index contributed by atoms with van der Waals surface area (Å²) in [5.41, 5.74) is 3.19. The van der Waals surface area contributed by atoms with Gasteiger partial charge in [0.05, 0.1) is 18.8 Å². The van der Waals surface area contributed by atoms with Crippen LogP contribution in [0.15, 0.2) is 60.7 Å². The minimum atomic E-state index is 0. The quantitative estimate of drug-likeness (QED) is 0.627. The number of hydrogen-bond acceptors (Lipinski definition) is 4. The van der Waals surface area contributed by atoms with Crippen molar-refractivity contribution in [1.29, 1.82) is 0 Å². The number of benzene rings is 2. The van der Waals surface area contributed by atoms with Crippen molar-refractivity contribution in [2.24, 2.45) is 0 Å². The molecule has 0 radical (unpaired) electrons. The van der Waals surface area contributed by atoms with Crippen LogP contribution >= 0.6 is 0 Å². The topological polar surface area (TPSA) is 19.0 Å². The fourth-order valence-corrected chi connectivity index (χ4v) is 4.83. The molecule has 170 valence electrons. The SMILES string of the molecule is CC1(N2CCN(Cc3ccccc3)CC2)COC1.[H-].[K+].c1ccc(CN2CCCCC2)cc1. The van der Waals surface area contributed by atoms with Gasteiger partial charge in [0.25, 0.3) is 0 Å². The minimum absolute atomic E-state index is 0. The van der Waals surface area contributed by atoms with E-state index < -0.39 is 0 Å². The van der Waals surface area contributed by atoms with Crippen LogP contribution < -0.4 is 51.4 Å². The standard InChI is InChI=1S/C15H22N2O.C12H17N.K.H/c1-15(12-18-13-15)17-9-7-16(8-10-17)11-14-5-3-2-4-6-14;1-3-7-12(8-4-1)11-13-9-5-2-6-10-13;;/h2-6H,7-13H2,1H3;1,3-4,7-8H,2,5-6,9-11H2;;/q;;+1;-1. The van der Waals surface area contributed by atoms with Gasteiger partial charge in [-0.3, -0.25) is 14.7 Å². The molecule has 0 unspecified atom stereocenters. The molecule has 0 spiro atoms. The van der Waals surface area contributed by atoms with Gasteiger partial charge in [0, 0.05) is 39.3 Å². The van der Waals surface area contributed by atoms with Gasteiger partial charge in [-0.1, -0.05) is 67.1 Å². The molecule has 0 bridgehead atoms. The summed E-state index contributed by atoms with van der Waals surface area (Å²) in [6.07, 6.45) is 4.19. The molecule has 0 aliphatic carbocycles. The van der Waals surface area contributed by atoms with Crippen LogP contribution in [0.25, 0.3) is 0 Å². The van der Waals surface area contributed by atoms with Gasteiger partial charge in [-0.25, -0.2) is 0 Å². The van der Waals surface area contributed by atoms with E-state index in [9.17, 15) is 0 Å². The number of ether oxygens (including phenoxy) is 1. The molecule has 2 aromatic rings. The summed E-state index contributed by atoms with van der Waals surface area (Å²) in [5.74, 6) is 0. The zero-order valence-electron chi connectivity index (χ0n) is 21.2. The van der Waals surface area contributed by atoms with E-state index in [4.69, 9.17) is 4.74 Å². The first-order valence-electron chi connectivity index (χ1n) is 12.1. The van der Waals surface area contributed by atoms with Crippen molar-refractivity contribution in [3.63, 3.8) is 0 Å². The normalized spacial score (nSPS) is 21.5. The Hall–Kier alpha value is -0.0836. The fraction of sp³-hybridized carbons (Fsp3) is 0.556. The number of likely N-dealkylation sites (tertiary alicyclic amines) is 1. The van der Waals surface area contributed by atoms with Gasteiger partial charge < -0.3 is 6.16 Å². The molecule has 0 amide bonds. The van der Waals surface area contributed by atoms with E-state index in [0.29, 0.717) is 5.54 Å². The number of piperidine rings is 1. The van der Waals surface area contributed by atoms with Crippen LogP contribution in [0.5, 0.6) is 0 Å². The molecule has 0 N–H and O–H groups in total. The Balaban J connectivity index is 0.000000230. The second kappa shape index (κ2) is 13.7. The number of nitrogens with zero attached hydrogens (tertiary/aromatic N) is 3. The Kier molecular flexibility index (Phi) is 11.4. The van der Waals surface area contributed by atoms with Gasteiger partial charge >= 0.3 is 51.4 Å². The zero-order chi connectivity index (χ0) is 21.4. The third-order valence-electron chi connectivity index (χ3n) is 6.91. The first-order chi connectivity index (χ1) is 15.2. The average molecular weight is 462 g/mol. The van der Waals surface area contributed by atoms with Crippen LogP contribution in [0.2, 0.25) is 0 Å². The van der Waals surface area contributed by atoms with E-state index in [-0.39, 0.29) is 52.8 Å². The maximum absolute atomic E-state index is 5.36. The molecule has 2 aromatic carbocycles. The molecule has 3 aliphatic heterocycles. The molecule has 0 atom stereocenters. The molecule has 5 heteroatoms. The third-order valence-corrected chi connectivity index (χ3v) is 6.91. The van der Waals surface area contributed by atoms with Gasteiger partial charge in [-0.2, -0.15) is 0 Å². The van der Waals surface area contributed by atoms with Crippen LogP contribution in [0.3, 0.4) is 0 Å². The number of rotatable bonds is 5. The molecule has 3 heterocycles. The molecule has 3 fully saturated rings. The summed E-state index contributed by atoms with van der Waals surface area (Å²) in [4.78, 5) is 7.70. The maximum atomic E-state index is 5.36. The second-order valence-corrected chi connectivity index (χ2v) is 9.56. The summed E-state index contributed by atoms with van der Waals surface area (Å²) >= 11 is 0. The predicted molar refractivity (Wildman–Crippen MR) is 129 cm³/mol. The summed E-state index contributed by atoms with van der Waals surface area (Å²) in [7, 11) is 0. The molecule has 5 rings (SSSR count). The number of piperazine rings is 1.